The molecule has 0 saturated carbocycles. The molecule has 0 spiro atoms. The largest absolute Gasteiger partial charge is 0.477 e. The third kappa shape index (κ3) is 1.77. The zero-order valence-corrected chi connectivity index (χ0v) is 9.66. The first kappa shape index (κ1) is 11.8. The Balaban J connectivity index is 3.42. The second-order valence-corrected chi connectivity index (χ2v) is 3.98. The normalized spacial score (nSPS) is 12.9. The fourth-order valence-corrected chi connectivity index (χ4v) is 2.11. The molecule has 1 aromatic rings. The zero-order valence-electron chi connectivity index (χ0n) is 9.66. The molecule has 0 bridgehead atoms. The molecule has 0 radical (unpaired) electrons. The van der Waals surface area contributed by atoms with E-state index in [4.69, 9.17) is 10.8 Å². The molecule has 1 heterocycles. The molecule has 15 heavy (non-hydrogen) atoms. The van der Waals surface area contributed by atoms with Gasteiger partial charge in [-0.25, -0.2) is 4.79 Å². The van der Waals surface area contributed by atoms with E-state index < -0.39 is 5.97 Å². The Morgan fingerprint density at radius 3 is 2.33 bits per heavy atom. The van der Waals surface area contributed by atoms with Gasteiger partial charge in [0, 0.05) is 25.2 Å². The van der Waals surface area contributed by atoms with E-state index >= 15 is 0 Å². The number of aromatic carboxylic acids is 1. The molecule has 1 unspecified atom stereocenters. The first-order chi connectivity index (χ1) is 6.91. The summed E-state index contributed by atoms with van der Waals surface area (Å²) in [6.07, 6.45) is 0. The molecule has 0 aliphatic carbocycles. The van der Waals surface area contributed by atoms with Crippen molar-refractivity contribution in [3.8, 4) is 0 Å². The minimum atomic E-state index is -0.881. The van der Waals surface area contributed by atoms with E-state index in [1.165, 1.54) is 0 Å². The average Bonchev–Trinajstić information content (AvgIpc) is 2.37. The predicted octanol–water partition coefficient (Wildman–Crippen LogP) is 1.40. The summed E-state index contributed by atoms with van der Waals surface area (Å²) in [4.78, 5) is 11.1. The van der Waals surface area contributed by atoms with Gasteiger partial charge < -0.3 is 15.4 Å². The summed E-state index contributed by atoms with van der Waals surface area (Å²) in [6.45, 7) is 6.32. The van der Waals surface area contributed by atoms with Crippen LogP contribution in [0.1, 0.15) is 40.2 Å². The summed E-state index contributed by atoms with van der Waals surface area (Å²) in [5.41, 5.74) is 8.87. The summed E-state index contributed by atoms with van der Waals surface area (Å²) >= 11 is 0. The Labute approximate surface area is 89.7 Å². The van der Waals surface area contributed by atoms with Crippen molar-refractivity contribution >= 4 is 5.97 Å². The molecule has 1 rings (SSSR count). The molecule has 0 fully saturated rings. The van der Waals surface area contributed by atoms with Crippen LogP contribution in [0.2, 0.25) is 0 Å². The SMILES string of the molecule is Cc1c(C)c(C(C)CN)n(C)c1C(=O)O. The highest BCUT2D eigenvalue weighted by molar-refractivity contribution is 5.88. The second kappa shape index (κ2) is 4.06. The van der Waals surface area contributed by atoms with Crippen molar-refractivity contribution in [3.63, 3.8) is 0 Å². The second-order valence-electron chi connectivity index (χ2n) is 3.98. The molecule has 1 aromatic heterocycles. The van der Waals surface area contributed by atoms with Crippen LogP contribution >= 0.6 is 0 Å². The van der Waals surface area contributed by atoms with E-state index in [2.05, 4.69) is 0 Å². The number of nitrogens with zero attached hydrogens (tertiary/aromatic N) is 1. The molecule has 0 aromatic carbocycles. The van der Waals surface area contributed by atoms with Crippen LogP contribution < -0.4 is 5.73 Å². The first-order valence-corrected chi connectivity index (χ1v) is 5.00. The predicted molar refractivity (Wildman–Crippen MR) is 59.3 cm³/mol. The molecular formula is C11H18N2O2. The number of hydrogen-bond donors (Lipinski definition) is 2. The van der Waals surface area contributed by atoms with Crippen LogP contribution in [0.15, 0.2) is 0 Å². The van der Waals surface area contributed by atoms with Crippen LogP contribution in [0.4, 0.5) is 0 Å². The van der Waals surface area contributed by atoms with E-state index in [1.54, 1.807) is 11.6 Å². The standard InChI is InChI=1S/C11H18N2O2/c1-6(5-12)9-7(2)8(3)10(11(14)15)13(9)4/h6H,5,12H2,1-4H3,(H,14,15). The lowest BCUT2D eigenvalue weighted by atomic mass is 10.0. The van der Waals surface area contributed by atoms with Crippen LogP contribution in [0, 0.1) is 13.8 Å². The third-order valence-corrected chi connectivity index (χ3v) is 3.02. The smallest absolute Gasteiger partial charge is 0.352 e. The number of carbonyl (C=O) groups is 1. The number of hydrogen-bond acceptors (Lipinski definition) is 2. The summed E-state index contributed by atoms with van der Waals surface area (Å²) in [7, 11) is 1.78. The molecule has 4 nitrogen and oxygen atoms in total. The summed E-state index contributed by atoms with van der Waals surface area (Å²) in [6, 6.07) is 0. The van der Waals surface area contributed by atoms with Crippen LogP contribution in [0.3, 0.4) is 0 Å². The maximum absolute atomic E-state index is 11.1. The topological polar surface area (TPSA) is 68.2 Å². The Bertz CT molecular complexity index is 394. The number of nitrogens with two attached hydrogens (primary N) is 1. The van der Waals surface area contributed by atoms with E-state index in [1.807, 2.05) is 20.8 Å². The maximum atomic E-state index is 11.1. The molecule has 0 amide bonds. The van der Waals surface area contributed by atoms with Crippen LogP contribution in [-0.2, 0) is 7.05 Å². The third-order valence-electron chi connectivity index (χ3n) is 3.02. The van der Waals surface area contributed by atoms with Gasteiger partial charge in [0.05, 0.1) is 0 Å². The van der Waals surface area contributed by atoms with Gasteiger partial charge in [-0.2, -0.15) is 0 Å². The lowest BCUT2D eigenvalue weighted by molar-refractivity contribution is 0.0685. The van der Waals surface area contributed by atoms with Crippen LogP contribution in [0.25, 0.3) is 0 Å². The van der Waals surface area contributed by atoms with Crippen LogP contribution in [-0.4, -0.2) is 22.2 Å². The van der Waals surface area contributed by atoms with Crippen molar-refractivity contribution in [2.24, 2.45) is 12.8 Å². The summed E-state index contributed by atoms with van der Waals surface area (Å²) in [5, 5.41) is 9.09. The van der Waals surface area contributed by atoms with Crippen LogP contribution in [0.5, 0.6) is 0 Å². The zero-order chi connectivity index (χ0) is 11.7. The van der Waals surface area contributed by atoms with Crippen molar-refractivity contribution in [1.82, 2.24) is 4.57 Å². The van der Waals surface area contributed by atoms with Gasteiger partial charge in [-0.3, -0.25) is 0 Å². The first-order valence-electron chi connectivity index (χ1n) is 5.00. The minimum Gasteiger partial charge on any atom is -0.477 e. The quantitative estimate of drug-likeness (QED) is 0.792. The summed E-state index contributed by atoms with van der Waals surface area (Å²) in [5.74, 6) is -0.699. The molecule has 0 aliphatic rings. The molecule has 84 valence electrons. The van der Waals surface area contributed by atoms with Gasteiger partial charge in [-0.1, -0.05) is 6.92 Å². The molecule has 3 N–H and O–H groups in total. The van der Waals surface area contributed by atoms with E-state index in [0.717, 1.165) is 16.8 Å². The van der Waals surface area contributed by atoms with Gasteiger partial charge >= 0.3 is 5.97 Å². The minimum absolute atomic E-state index is 0.182. The number of carboxylic acids is 1. The fourth-order valence-electron chi connectivity index (χ4n) is 2.11. The van der Waals surface area contributed by atoms with Crippen molar-refractivity contribution in [2.45, 2.75) is 26.7 Å². The highest BCUT2D eigenvalue weighted by Crippen LogP contribution is 2.26. The molecule has 0 saturated heterocycles. The molecule has 0 aliphatic heterocycles. The van der Waals surface area contributed by atoms with E-state index in [-0.39, 0.29) is 5.92 Å². The van der Waals surface area contributed by atoms with Crippen molar-refractivity contribution in [2.75, 3.05) is 6.54 Å². The lowest BCUT2D eigenvalue weighted by Gasteiger charge is -2.12. The van der Waals surface area contributed by atoms with Crippen molar-refractivity contribution < 1.29 is 9.90 Å². The number of carboxylic acid groups (broad SMARTS) is 1. The Kier molecular flexibility index (Phi) is 3.19. The maximum Gasteiger partial charge on any atom is 0.352 e. The molecule has 4 heteroatoms. The number of aromatic nitrogens is 1. The van der Waals surface area contributed by atoms with Gasteiger partial charge in [-0.15, -0.1) is 0 Å². The van der Waals surface area contributed by atoms with Gasteiger partial charge in [0.1, 0.15) is 5.69 Å². The fraction of sp³-hybridized carbons (Fsp3) is 0.545. The van der Waals surface area contributed by atoms with Crippen molar-refractivity contribution in [1.29, 1.82) is 0 Å². The monoisotopic (exact) mass is 210 g/mol. The Morgan fingerprint density at radius 1 is 1.47 bits per heavy atom. The lowest BCUT2D eigenvalue weighted by Crippen LogP contribution is -2.15. The van der Waals surface area contributed by atoms with Gasteiger partial charge in [0.25, 0.3) is 0 Å². The van der Waals surface area contributed by atoms with E-state index in [0.29, 0.717) is 12.2 Å². The number of rotatable bonds is 3. The highest BCUT2D eigenvalue weighted by Gasteiger charge is 2.22. The van der Waals surface area contributed by atoms with Gasteiger partial charge in [0.15, 0.2) is 0 Å². The highest BCUT2D eigenvalue weighted by atomic mass is 16.4. The van der Waals surface area contributed by atoms with E-state index in [9.17, 15) is 4.79 Å². The average molecular weight is 210 g/mol. The van der Waals surface area contributed by atoms with Gasteiger partial charge in [-0.05, 0) is 25.0 Å². The molecular weight excluding hydrogens is 192 g/mol. The Morgan fingerprint density at radius 2 is 2.00 bits per heavy atom. The summed E-state index contributed by atoms with van der Waals surface area (Å²) < 4.78 is 1.74. The van der Waals surface area contributed by atoms with Gasteiger partial charge in [0.2, 0.25) is 0 Å². The Hall–Kier alpha value is -1.29. The molecule has 1 atom stereocenters. The van der Waals surface area contributed by atoms with Crippen molar-refractivity contribution in [3.05, 3.63) is 22.5 Å².